The molecule has 0 saturated heterocycles. The molecule has 3 aromatic rings. The normalized spacial score (nSPS) is 15.1. The fourth-order valence-electron chi connectivity index (χ4n) is 3.67. The zero-order chi connectivity index (χ0) is 21.6. The number of allylic oxidation sites excluding steroid dienone is 2. The third kappa shape index (κ3) is 5.15. The van der Waals surface area contributed by atoms with Crippen molar-refractivity contribution in [1.29, 1.82) is 0 Å². The number of carbonyl (C=O) groups is 1. The van der Waals surface area contributed by atoms with E-state index in [1.54, 1.807) is 6.20 Å². The zero-order valence-corrected chi connectivity index (χ0v) is 18.0. The summed E-state index contributed by atoms with van der Waals surface area (Å²) in [5.74, 6) is 1.13. The number of aromatic nitrogens is 3. The molecule has 0 radical (unpaired) electrons. The minimum absolute atomic E-state index is 0.101. The highest BCUT2D eigenvalue weighted by Crippen LogP contribution is 2.30. The summed E-state index contributed by atoms with van der Waals surface area (Å²) < 4.78 is 0. The van der Waals surface area contributed by atoms with Gasteiger partial charge in [-0.25, -0.2) is 9.97 Å². The molecule has 4 rings (SSSR count). The predicted molar refractivity (Wildman–Crippen MR) is 123 cm³/mol. The van der Waals surface area contributed by atoms with Gasteiger partial charge in [0, 0.05) is 50.6 Å². The Hall–Kier alpha value is -3.54. The fraction of sp³-hybridized carbons (Fsp3) is 0.280. The quantitative estimate of drug-likeness (QED) is 0.587. The van der Waals surface area contributed by atoms with Gasteiger partial charge in [-0.3, -0.25) is 9.78 Å². The SMILES string of the molecule is CN(C)c1ncc(-c2ccccn2)c(-c2ccc(CNC(=O)C[C@@H]3C=CCC3)cc2)n1. The lowest BCUT2D eigenvalue weighted by atomic mass is 10.0. The van der Waals surface area contributed by atoms with Crippen molar-refractivity contribution in [3.8, 4) is 22.5 Å². The van der Waals surface area contributed by atoms with E-state index in [2.05, 4.69) is 27.4 Å². The van der Waals surface area contributed by atoms with Gasteiger partial charge in [-0.1, -0.05) is 42.5 Å². The van der Waals surface area contributed by atoms with Crippen LogP contribution in [0.2, 0.25) is 0 Å². The first-order valence-corrected chi connectivity index (χ1v) is 10.6. The number of nitrogens with one attached hydrogen (secondary N) is 1. The molecule has 6 nitrogen and oxygen atoms in total. The first-order chi connectivity index (χ1) is 15.1. The molecule has 1 aliphatic rings. The van der Waals surface area contributed by atoms with E-state index in [0.717, 1.165) is 40.9 Å². The van der Waals surface area contributed by atoms with E-state index < -0.39 is 0 Å². The van der Waals surface area contributed by atoms with E-state index in [-0.39, 0.29) is 5.91 Å². The van der Waals surface area contributed by atoms with Gasteiger partial charge in [0.2, 0.25) is 11.9 Å². The molecular weight excluding hydrogens is 386 g/mol. The molecule has 0 fully saturated rings. The van der Waals surface area contributed by atoms with E-state index in [0.29, 0.717) is 24.8 Å². The largest absolute Gasteiger partial charge is 0.352 e. The first kappa shape index (κ1) is 20.7. The van der Waals surface area contributed by atoms with Crippen LogP contribution in [0.5, 0.6) is 0 Å². The molecule has 31 heavy (non-hydrogen) atoms. The van der Waals surface area contributed by atoms with Crippen molar-refractivity contribution in [2.75, 3.05) is 19.0 Å². The van der Waals surface area contributed by atoms with Crippen LogP contribution in [0, 0.1) is 5.92 Å². The van der Waals surface area contributed by atoms with Gasteiger partial charge in [-0.2, -0.15) is 0 Å². The zero-order valence-electron chi connectivity index (χ0n) is 18.0. The molecule has 1 aromatic carbocycles. The van der Waals surface area contributed by atoms with Crippen molar-refractivity contribution >= 4 is 11.9 Å². The molecule has 1 atom stereocenters. The van der Waals surface area contributed by atoms with Gasteiger partial charge in [-0.15, -0.1) is 0 Å². The number of anilines is 1. The van der Waals surface area contributed by atoms with Crippen LogP contribution in [0.25, 0.3) is 22.5 Å². The van der Waals surface area contributed by atoms with Crippen LogP contribution in [-0.2, 0) is 11.3 Å². The molecule has 0 bridgehead atoms. The summed E-state index contributed by atoms with van der Waals surface area (Å²) in [6, 6.07) is 13.9. The molecule has 0 unspecified atom stereocenters. The number of hydrogen-bond donors (Lipinski definition) is 1. The lowest BCUT2D eigenvalue weighted by molar-refractivity contribution is -0.121. The van der Waals surface area contributed by atoms with Crippen molar-refractivity contribution in [2.45, 2.75) is 25.8 Å². The van der Waals surface area contributed by atoms with Gasteiger partial charge in [0.1, 0.15) is 0 Å². The van der Waals surface area contributed by atoms with Crippen molar-refractivity contribution in [3.05, 3.63) is 72.6 Å². The van der Waals surface area contributed by atoms with Crippen LogP contribution in [0.1, 0.15) is 24.8 Å². The monoisotopic (exact) mass is 413 g/mol. The highest BCUT2D eigenvalue weighted by molar-refractivity contribution is 5.79. The van der Waals surface area contributed by atoms with Crippen molar-refractivity contribution in [1.82, 2.24) is 20.3 Å². The molecule has 2 aromatic heterocycles. The number of benzene rings is 1. The summed E-state index contributed by atoms with van der Waals surface area (Å²) in [4.78, 5) is 27.8. The van der Waals surface area contributed by atoms with Crippen LogP contribution >= 0.6 is 0 Å². The van der Waals surface area contributed by atoms with E-state index in [4.69, 9.17) is 4.98 Å². The predicted octanol–water partition coefficient (Wildman–Crippen LogP) is 4.24. The number of hydrogen-bond acceptors (Lipinski definition) is 5. The van der Waals surface area contributed by atoms with Crippen LogP contribution in [-0.4, -0.2) is 35.0 Å². The Kier molecular flexibility index (Phi) is 6.36. The Bertz CT molecular complexity index is 1060. The summed E-state index contributed by atoms with van der Waals surface area (Å²) in [5, 5.41) is 3.03. The Morgan fingerprint density at radius 1 is 1.13 bits per heavy atom. The maximum absolute atomic E-state index is 12.2. The van der Waals surface area contributed by atoms with Gasteiger partial charge in [-0.05, 0) is 36.5 Å². The Labute approximate surface area is 183 Å². The summed E-state index contributed by atoms with van der Waals surface area (Å²) >= 11 is 0. The van der Waals surface area contributed by atoms with Crippen LogP contribution in [0.15, 0.2) is 67.0 Å². The molecule has 2 heterocycles. The van der Waals surface area contributed by atoms with Gasteiger partial charge in [0.15, 0.2) is 0 Å². The molecular formula is C25H27N5O. The highest BCUT2D eigenvalue weighted by Gasteiger charge is 2.15. The smallest absolute Gasteiger partial charge is 0.225 e. The third-order valence-electron chi connectivity index (χ3n) is 5.39. The molecule has 0 spiro atoms. The summed E-state index contributed by atoms with van der Waals surface area (Å²) in [6.45, 7) is 0.523. The third-order valence-corrected chi connectivity index (χ3v) is 5.39. The Balaban J connectivity index is 1.52. The number of carbonyl (C=O) groups excluding carboxylic acids is 1. The van der Waals surface area contributed by atoms with Gasteiger partial charge in [0.05, 0.1) is 11.4 Å². The average molecular weight is 414 g/mol. The number of rotatable bonds is 7. The molecule has 1 N–H and O–H groups in total. The summed E-state index contributed by atoms with van der Waals surface area (Å²) in [7, 11) is 3.85. The molecule has 6 heteroatoms. The molecule has 1 amide bonds. The number of nitrogens with zero attached hydrogens (tertiary/aromatic N) is 4. The minimum atomic E-state index is 0.101. The van der Waals surface area contributed by atoms with Crippen LogP contribution in [0.3, 0.4) is 0 Å². The second-order valence-electron chi connectivity index (χ2n) is 7.99. The van der Waals surface area contributed by atoms with Crippen molar-refractivity contribution in [2.24, 2.45) is 5.92 Å². The maximum Gasteiger partial charge on any atom is 0.225 e. The van der Waals surface area contributed by atoms with Gasteiger partial charge in [0.25, 0.3) is 0 Å². The van der Waals surface area contributed by atoms with Gasteiger partial charge < -0.3 is 10.2 Å². The topological polar surface area (TPSA) is 71.0 Å². The molecule has 158 valence electrons. The second-order valence-corrected chi connectivity index (χ2v) is 7.99. The lowest BCUT2D eigenvalue weighted by Gasteiger charge is -2.15. The Morgan fingerprint density at radius 3 is 2.65 bits per heavy atom. The first-order valence-electron chi connectivity index (χ1n) is 10.6. The van der Waals surface area contributed by atoms with Crippen molar-refractivity contribution < 1.29 is 4.79 Å². The van der Waals surface area contributed by atoms with Crippen LogP contribution in [0.4, 0.5) is 5.95 Å². The maximum atomic E-state index is 12.2. The van der Waals surface area contributed by atoms with E-state index in [1.807, 2.05) is 67.7 Å². The molecule has 0 aliphatic heterocycles. The Morgan fingerprint density at radius 2 is 1.97 bits per heavy atom. The molecule has 1 aliphatic carbocycles. The fourth-order valence-corrected chi connectivity index (χ4v) is 3.67. The number of amides is 1. The van der Waals surface area contributed by atoms with Gasteiger partial charge >= 0.3 is 0 Å². The highest BCUT2D eigenvalue weighted by atomic mass is 16.1. The average Bonchev–Trinajstić information content (AvgIpc) is 3.31. The van der Waals surface area contributed by atoms with Crippen molar-refractivity contribution in [3.63, 3.8) is 0 Å². The minimum Gasteiger partial charge on any atom is -0.352 e. The summed E-state index contributed by atoms with van der Waals surface area (Å²) in [5.41, 5.74) is 4.59. The van der Waals surface area contributed by atoms with E-state index in [9.17, 15) is 4.79 Å². The van der Waals surface area contributed by atoms with E-state index >= 15 is 0 Å². The van der Waals surface area contributed by atoms with E-state index in [1.165, 1.54) is 0 Å². The second kappa shape index (κ2) is 9.51. The summed E-state index contributed by atoms with van der Waals surface area (Å²) in [6.07, 6.45) is 10.6. The van der Waals surface area contributed by atoms with Crippen LogP contribution < -0.4 is 10.2 Å². The standard InChI is InChI=1S/C25H27N5O/c1-30(2)25-28-17-21(22-9-5-6-14-26-22)24(29-25)20-12-10-19(11-13-20)16-27-23(31)15-18-7-3-4-8-18/h3,5-7,9-14,17-18H,4,8,15-16H2,1-2H3,(H,27,31)/t18-/m1/s1. The lowest BCUT2D eigenvalue weighted by Crippen LogP contribution is -2.24. The molecule has 0 saturated carbocycles. The number of pyridine rings is 1.